The number of piperidine rings is 1. The van der Waals surface area contributed by atoms with Crippen molar-refractivity contribution in [1.29, 1.82) is 0 Å². The van der Waals surface area contributed by atoms with Crippen molar-refractivity contribution < 1.29 is 14.3 Å². The number of fused-ring (bicyclic) bond motifs is 3. The lowest BCUT2D eigenvalue weighted by Gasteiger charge is -2.35. The number of carbonyl (C=O) groups is 2. The van der Waals surface area contributed by atoms with Gasteiger partial charge in [0.2, 0.25) is 0 Å². The Hall–Kier alpha value is -4.32. The summed E-state index contributed by atoms with van der Waals surface area (Å²) in [7, 11) is 1.67. The minimum atomic E-state index is -0.322. The summed E-state index contributed by atoms with van der Waals surface area (Å²) in [6.45, 7) is 3.80. The Balaban J connectivity index is 1.17. The third kappa shape index (κ3) is 5.98. The molecule has 1 saturated carbocycles. The van der Waals surface area contributed by atoms with Gasteiger partial charge in [0.1, 0.15) is 10.8 Å². The molecule has 2 aliphatic heterocycles. The predicted molar refractivity (Wildman–Crippen MR) is 189 cm³/mol. The molecular weight excluding hydrogens is 640 g/mol. The van der Waals surface area contributed by atoms with Crippen molar-refractivity contribution in [3.8, 4) is 11.5 Å². The Morgan fingerprint density at radius 2 is 1.90 bits per heavy atom. The largest absolute Gasteiger partial charge is 0.380 e. The van der Waals surface area contributed by atoms with Crippen molar-refractivity contribution in [2.45, 2.75) is 82.6 Å². The van der Waals surface area contributed by atoms with Crippen LogP contribution in [-0.4, -0.2) is 73.1 Å². The van der Waals surface area contributed by atoms with E-state index in [0.717, 1.165) is 96.3 Å². The van der Waals surface area contributed by atoms with Gasteiger partial charge in [-0.05, 0) is 93.5 Å². The molecule has 1 saturated heterocycles. The highest BCUT2D eigenvalue weighted by molar-refractivity contribution is 6.29. The number of nitrogens with zero attached hydrogens (tertiary/aromatic N) is 6. The van der Waals surface area contributed by atoms with Crippen LogP contribution in [0.5, 0.6) is 0 Å². The molecule has 1 aromatic carbocycles. The number of nitrogens with one attached hydrogen (secondary N) is 1. The van der Waals surface area contributed by atoms with Crippen LogP contribution >= 0.6 is 11.6 Å². The second kappa shape index (κ2) is 12.9. The number of methoxy groups -OCH3 is 1. The quantitative estimate of drug-likeness (QED) is 0.228. The molecule has 3 N–H and O–H groups in total. The molecule has 1 aliphatic carbocycles. The molecule has 3 atom stereocenters. The van der Waals surface area contributed by atoms with Gasteiger partial charge in [0, 0.05) is 56.0 Å². The standard InChI is InChI=1S/C37H41ClN8O3/c1-21-28-11-7-23-17-31(45(34(23)42-28)14-5-3-4-6-22-18-33(38)40-19-26(22)36(47)41-21)35-43-29-16-24(8-12-30(29)46(35)25-9-10-25)37(48)44-15-13-32(49-2)27(39)20-44/h7-8,11-12,16-19,21,25,27,32H,3-6,9-10,13-15,20,39H2,1-2H3,(H,41,47)/t21-,27+,32-/m1/s1. The van der Waals surface area contributed by atoms with Gasteiger partial charge in [-0.25, -0.2) is 15.0 Å². The molecule has 4 aromatic heterocycles. The predicted octanol–water partition coefficient (Wildman–Crippen LogP) is 5.84. The number of aromatic nitrogens is 5. The summed E-state index contributed by atoms with van der Waals surface area (Å²) >= 11 is 6.23. The van der Waals surface area contributed by atoms with Crippen LogP contribution in [0.15, 0.2) is 48.7 Å². The average Bonchev–Trinajstić information content (AvgIpc) is 3.77. The van der Waals surface area contributed by atoms with E-state index >= 15 is 0 Å². The molecule has 2 amide bonds. The zero-order valence-corrected chi connectivity index (χ0v) is 28.6. The van der Waals surface area contributed by atoms with E-state index in [1.807, 2.05) is 36.1 Å². The third-order valence-electron chi connectivity index (χ3n) is 10.3. The number of amides is 2. The molecule has 2 bridgehead atoms. The summed E-state index contributed by atoms with van der Waals surface area (Å²) in [5, 5.41) is 4.54. The SMILES string of the molecule is CO[C@@H]1CCN(C(=O)c2ccc3c(c2)nc(-c2cc4ccc5nc4n2CCCCCc2cc(Cl)ncc2C(=O)N[C@@H]5C)n3C2CC2)C[C@@H]1N. The van der Waals surface area contributed by atoms with E-state index in [2.05, 4.69) is 31.6 Å². The van der Waals surface area contributed by atoms with Gasteiger partial charge in [0.15, 0.2) is 5.82 Å². The second-order valence-electron chi connectivity index (χ2n) is 13.7. The maximum absolute atomic E-state index is 13.6. The molecule has 11 nitrogen and oxygen atoms in total. The molecule has 5 aromatic rings. The molecule has 0 unspecified atom stereocenters. The zero-order chi connectivity index (χ0) is 33.8. The minimum Gasteiger partial charge on any atom is -0.380 e. The van der Waals surface area contributed by atoms with Gasteiger partial charge in [-0.2, -0.15) is 0 Å². The van der Waals surface area contributed by atoms with Gasteiger partial charge in [-0.3, -0.25) is 9.59 Å². The first-order valence-corrected chi connectivity index (χ1v) is 17.7. The lowest BCUT2D eigenvalue weighted by molar-refractivity contribution is 0.0227. The molecule has 0 spiro atoms. The number of imidazole rings is 1. The van der Waals surface area contributed by atoms with Crippen molar-refractivity contribution in [2.75, 3.05) is 20.2 Å². The molecule has 254 valence electrons. The number of aryl methyl sites for hydroxylation is 2. The van der Waals surface area contributed by atoms with Crippen molar-refractivity contribution in [2.24, 2.45) is 5.73 Å². The van der Waals surface area contributed by atoms with Gasteiger partial charge in [-0.1, -0.05) is 18.0 Å². The van der Waals surface area contributed by atoms with E-state index in [-0.39, 0.29) is 30.0 Å². The fourth-order valence-corrected chi connectivity index (χ4v) is 7.70. The topological polar surface area (TPSA) is 133 Å². The summed E-state index contributed by atoms with van der Waals surface area (Å²) in [5.74, 6) is 0.680. The smallest absolute Gasteiger partial charge is 0.253 e. The third-order valence-corrected chi connectivity index (χ3v) is 10.6. The fourth-order valence-electron chi connectivity index (χ4n) is 7.52. The Bertz CT molecular complexity index is 2090. The van der Waals surface area contributed by atoms with Gasteiger partial charge in [0.05, 0.1) is 40.1 Å². The second-order valence-corrected chi connectivity index (χ2v) is 14.1. The van der Waals surface area contributed by atoms with Crippen LogP contribution in [0.1, 0.15) is 89.5 Å². The molecule has 3 aliphatic rings. The fraction of sp³-hybridized carbons (Fsp3) is 0.432. The number of hydrogen-bond donors (Lipinski definition) is 2. The number of ether oxygens (including phenoxy) is 1. The first-order valence-electron chi connectivity index (χ1n) is 17.3. The summed E-state index contributed by atoms with van der Waals surface area (Å²) in [6, 6.07) is 13.8. The van der Waals surface area contributed by atoms with Gasteiger partial charge < -0.3 is 29.8 Å². The number of carbonyl (C=O) groups excluding carboxylic acids is 2. The van der Waals surface area contributed by atoms with Crippen LogP contribution in [0.2, 0.25) is 5.15 Å². The highest BCUT2D eigenvalue weighted by Crippen LogP contribution is 2.42. The Labute approximate surface area is 289 Å². The zero-order valence-electron chi connectivity index (χ0n) is 27.9. The van der Waals surface area contributed by atoms with E-state index < -0.39 is 0 Å². The lowest BCUT2D eigenvalue weighted by atomic mass is 10.0. The summed E-state index contributed by atoms with van der Waals surface area (Å²) in [6.07, 6.45) is 7.99. The minimum absolute atomic E-state index is 0.0317. The van der Waals surface area contributed by atoms with Crippen molar-refractivity contribution in [3.63, 3.8) is 0 Å². The van der Waals surface area contributed by atoms with Crippen LogP contribution < -0.4 is 11.1 Å². The van der Waals surface area contributed by atoms with Gasteiger partial charge >= 0.3 is 0 Å². The normalized spacial score (nSPS) is 21.9. The average molecular weight is 681 g/mol. The van der Waals surface area contributed by atoms with E-state index in [9.17, 15) is 9.59 Å². The number of pyridine rings is 2. The van der Waals surface area contributed by atoms with E-state index in [0.29, 0.717) is 35.4 Å². The maximum Gasteiger partial charge on any atom is 0.253 e. The van der Waals surface area contributed by atoms with Crippen LogP contribution in [0.25, 0.3) is 33.6 Å². The summed E-state index contributed by atoms with van der Waals surface area (Å²) in [4.78, 5) is 43.4. The van der Waals surface area contributed by atoms with Crippen LogP contribution in [0.3, 0.4) is 0 Å². The molecule has 6 heterocycles. The van der Waals surface area contributed by atoms with E-state index in [4.69, 9.17) is 32.0 Å². The van der Waals surface area contributed by atoms with Gasteiger partial charge in [0.25, 0.3) is 11.8 Å². The molecule has 2 fully saturated rings. The summed E-state index contributed by atoms with van der Waals surface area (Å²) < 4.78 is 10.1. The molecule has 8 rings (SSSR count). The van der Waals surface area contributed by atoms with Crippen molar-refractivity contribution in [1.82, 2.24) is 34.3 Å². The number of benzene rings is 1. The first kappa shape index (κ1) is 31.9. The molecule has 49 heavy (non-hydrogen) atoms. The van der Waals surface area contributed by atoms with E-state index in [1.54, 1.807) is 19.4 Å². The number of likely N-dealkylation sites (tertiary alicyclic amines) is 1. The number of halogens is 1. The van der Waals surface area contributed by atoms with Gasteiger partial charge in [-0.15, -0.1) is 0 Å². The van der Waals surface area contributed by atoms with Crippen LogP contribution in [0, 0.1) is 0 Å². The van der Waals surface area contributed by atoms with Crippen LogP contribution in [-0.2, 0) is 17.7 Å². The van der Waals surface area contributed by atoms with E-state index in [1.165, 1.54) is 0 Å². The lowest BCUT2D eigenvalue weighted by Crippen LogP contribution is -2.53. The monoisotopic (exact) mass is 680 g/mol. The van der Waals surface area contributed by atoms with Crippen LogP contribution in [0.4, 0.5) is 0 Å². The Morgan fingerprint density at radius 3 is 2.69 bits per heavy atom. The number of rotatable bonds is 4. The summed E-state index contributed by atoms with van der Waals surface area (Å²) in [5.41, 5.74) is 12.9. The Morgan fingerprint density at radius 1 is 1.04 bits per heavy atom. The van der Waals surface area contributed by atoms with Crippen molar-refractivity contribution in [3.05, 3.63) is 76.2 Å². The Kier molecular flexibility index (Phi) is 8.37. The molecule has 0 radical (unpaired) electrons. The number of nitrogens with two attached hydrogens (primary N) is 1. The highest BCUT2D eigenvalue weighted by atomic mass is 35.5. The molecular formula is C37H41ClN8O3. The number of hydrogen-bond acceptors (Lipinski definition) is 7. The first-order chi connectivity index (χ1) is 23.8. The highest BCUT2D eigenvalue weighted by Gasteiger charge is 2.33. The maximum atomic E-state index is 13.6. The van der Waals surface area contributed by atoms with Crippen molar-refractivity contribution >= 4 is 45.5 Å². The molecule has 12 heteroatoms.